The first-order valence-corrected chi connectivity index (χ1v) is 6.72. The number of Topliss-reactive ketones (excluding diaryl/α,β-unsaturated/α-hetero) is 1. The molecule has 0 N–H and O–H groups in total. The fourth-order valence-corrected chi connectivity index (χ4v) is 2.20. The van der Waals surface area contributed by atoms with Gasteiger partial charge in [-0.2, -0.15) is 5.10 Å². The molecule has 0 fully saturated rings. The van der Waals surface area contributed by atoms with Crippen molar-refractivity contribution in [3.63, 3.8) is 0 Å². The molecular formula is C15H18N2O3. The van der Waals surface area contributed by atoms with Gasteiger partial charge < -0.3 is 4.74 Å². The Labute approximate surface area is 117 Å². The molecule has 0 spiro atoms. The van der Waals surface area contributed by atoms with Crippen LogP contribution in [0, 0.1) is 6.92 Å². The molecular weight excluding hydrogens is 256 g/mol. The van der Waals surface area contributed by atoms with Crippen LogP contribution in [0.2, 0.25) is 0 Å². The van der Waals surface area contributed by atoms with Crippen molar-refractivity contribution in [2.45, 2.75) is 33.7 Å². The van der Waals surface area contributed by atoms with Crippen LogP contribution in [0.3, 0.4) is 0 Å². The number of hydrogen-bond acceptors (Lipinski definition) is 4. The van der Waals surface area contributed by atoms with Crippen LogP contribution in [0.5, 0.6) is 0 Å². The number of benzene rings is 1. The zero-order chi connectivity index (χ0) is 14.7. The third-order valence-corrected chi connectivity index (χ3v) is 3.17. The Morgan fingerprint density at radius 2 is 2.05 bits per heavy atom. The molecule has 5 heteroatoms. The van der Waals surface area contributed by atoms with Gasteiger partial charge in [-0.15, -0.1) is 0 Å². The highest BCUT2D eigenvalue weighted by atomic mass is 16.5. The second kappa shape index (κ2) is 5.86. The van der Waals surface area contributed by atoms with Crippen molar-refractivity contribution < 1.29 is 14.3 Å². The minimum absolute atomic E-state index is 0.222. The maximum Gasteiger partial charge on any atom is 0.313 e. The Morgan fingerprint density at radius 1 is 1.30 bits per heavy atom. The van der Waals surface area contributed by atoms with Crippen LogP contribution in [-0.4, -0.2) is 28.1 Å². The average molecular weight is 274 g/mol. The number of carbonyl (C=O) groups excluding carboxylic acids is 2. The molecule has 0 saturated carbocycles. The maximum atomic E-state index is 12.0. The van der Waals surface area contributed by atoms with Crippen molar-refractivity contribution in [3.8, 4) is 0 Å². The lowest BCUT2D eigenvalue weighted by atomic mass is 10.1. The molecule has 1 heterocycles. The number of aryl methyl sites for hydroxylation is 2. The normalized spacial score (nSPS) is 10.8. The summed E-state index contributed by atoms with van der Waals surface area (Å²) in [5.41, 5.74) is 2.40. The molecule has 0 saturated heterocycles. The summed E-state index contributed by atoms with van der Waals surface area (Å²) in [6, 6.07) is 5.40. The lowest BCUT2D eigenvalue weighted by molar-refractivity contribution is -0.141. The summed E-state index contributed by atoms with van der Waals surface area (Å²) in [5, 5.41) is 5.36. The quantitative estimate of drug-likeness (QED) is 0.477. The van der Waals surface area contributed by atoms with Crippen LogP contribution in [-0.2, 0) is 16.1 Å². The first kappa shape index (κ1) is 14.2. The van der Waals surface area contributed by atoms with Gasteiger partial charge >= 0.3 is 5.97 Å². The van der Waals surface area contributed by atoms with Gasteiger partial charge in [0.15, 0.2) is 5.78 Å². The topological polar surface area (TPSA) is 61.2 Å². The van der Waals surface area contributed by atoms with E-state index in [0.29, 0.717) is 5.56 Å². The molecule has 2 rings (SSSR count). The summed E-state index contributed by atoms with van der Waals surface area (Å²) < 4.78 is 6.68. The molecule has 0 atom stereocenters. The molecule has 0 aliphatic rings. The molecule has 0 aliphatic carbocycles. The minimum Gasteiger partial charge on any atom is -0.466 e. The van der Waals surface area contributed by atoms with Crippen molar-refractivity contribution in [1.82, 2.24) is 9.78 Å². The van der Waals surface area contributed by atoms with E-state index in [9.17, 15) is 9.59 Å². The average Bonchev–Trinajstić information content (AvgIpc) is 2.75. The van der Waals surface area contributed by atoms with Gasteiger partial charge in [0, 0.05) is 17.5 Å². The molecule has 20 heavy (non-hydrogen) atoms. The van der Waals surface area contributed by atoms with Gasteiger partial charge in [-0.25, -0.2) is 0 Å². The van der Waals surface area contributed by atoms with Crippen molar-refractivity contribution in [3.05, 3.63) is 29.5 Å². The fraction of sp³-hybridized carbons (Fsp3) is 0.400. The number of hydrogen-bond donors (Lipinski definition) is 0. The molecule has 1 aromatic carbocycles. The van der Waals surface area contributed by atoms with E-state index in [1.54, 1.807) is 19.1 Å². The summed E-state index contributed by atoms with van der Waals surface area (Å²) in [7, 11) is 0. The largest absolute Gasteiger partial charge is 0.466 e. The van der Waals surface area contributed by atoms with Crippen molar-refractivity contribution in [2.75, 3.05) is 6.61 Å². The van der Waals surface area contributed by atoms with E-state index < -0.39 is 5.97 Å². The predicted octanol–water partition coefficient (Wildman–Crippen LogP) is 2.50. The minimum atomic E-state index is -0.487. The summed E-state index contributed by atoms with van der Waals surface area (Å²) in [6.07, 6.45) is -0.222. The van der Waals surface area contributed by atoms with Crippen LogP contribution in [0.25, 0.3) is 10.9 Å². The molecule has 0 unspecified atom stereocenters. The molecule has 0 amide bonds. The third-order valence-electron chi connectivity index (χ3n) is 3.17. The Morgan fingerprint density at radius 3 is 2.70 bits per heavy atom. The Kier molecular flexibility index (Phi) is 4.17. The molecule has 0 aliphatic heterocycles. The SMILES string of the molecule is CCOC(=O)CC(=O)c1ccc2c(c1)c(C)nn2CC. The fourth-order valence-electron chi connectivity index (χ4n) is 2.20. The van der Waals surface area contributed by atoms with Gasteiger partial charge in [-0.05, 0) is 39.0 Å². The first-order valence-electron chi connectivity index (χ1n) is 6.72. The van der Waals surface area contributed by atoms with E-state index in [1.165, 1.54) is 0 Å². The van der Waals surface area contributed by atoms with Gasteiger partial charge in [-0.1, -0.05) is 0 Å². The van der Waals surface area contributed by atoms with Crippen LogP contribution >= 0.6 is 0 Å². The molecule has 2 aromatic rings. The van der Waals surface area contributed by atoms with Gasteiger partial charge in [0.2, 0.25) is 0 Å². The van der Waals surface area contributed by atoms with Crippen molar-refractivity contribution in [2.24, 2.45) is 0 Å². The van der Waals surface area contributed by atoms with Crippen molar-refractivity contribution in [1.29, 1.82) is 0 Å². The van der Waals surface area contributed by atoms with Crippen LogP contribution in [0.15, 0.2) is 18.2 Å². The lowest BCUT2D eigenvalue weighted by Crippen LogP contribution is -2.11. The van der Waals surface area contributed by atoms with Crippen LogP contribution < -0.4 is 0 Å². The monoisotopic (exact) mass is 274 g/mol. The summed E-state index contributed by atoms with van der Waals surface area (Å²) in [5.74, 6) is -0.715. The number of carbonyl (C=O) groups is 2. The number of fused-ring (bicyclic) bond motifs is 1. The van der Waals surface area contributed by atoms with E-state index in [2.05, 4.69) is 5.10 Å². The Bertz CT molecular complexity index is 658. The Hall–Kier alpha value is -2.17. The zero-order valence-electron chi connectivity index (χ0n) is 12.0. The van der Waals surface area contributed by atoms with Crippen LogP contribution in [0.1, 0.15) is 36.3 Å². The van der Waals surface area contributed by atoms with Crippen LogP contribution in [0.4, 0.5) is 0 Å². The number of aromatic nitrogens is 2. The number of ether oxygens (including phenoxy) is 1. The molecule has 1 aromatic heterocycles. The standard InChI is InChI=1S/C15H18N2O3/c1-4-17-13-7-6-11(8-12(13)10(3)16-17)14(18)9-15(19)20-5-2/h6-8H,4-5,9H2,1-3H3. The zero-order valence-corrected chi connectivity index (χ0v) is 12.0. The van der Waals surface area contributed by atoms with E-state index >= 15 is 0 Å². The predicted molar refractivity (Wildman–Crippen MR) is 75.7 cm³/mol. The highest BCUT2D eigenvalue weighted by Crippen LogP contribution is 2.20. The summed E-state index contributed by atoms with van der Waals surface area (Å²) >= 11 is 0. The highest BCUT2D eigenvalue weighted by molar-refractivity contribution is 6.07. The highest BCUT2D eigenvalue weighted by Gasteiger charge is 2.15. The molecule has 0 bridgehead atoms. The molecule has 0 radical (unpaired) electrons. The molecule has 5 nitrogen and oxygen atoms in total. The van der Waals surface area contributed by atoms with E-state index in [0.717, 1.165) is 23.1 Å². The number of ketones is 1. The van der Waals surface area contributed by atoms with Gasteiger partial charge in [0.25, 0.3) is 0 Å². The number of nitrogens with zero attached hydrogens (tertiary/aromatic N) is 2. The second-order valence-electron chi connectivity index (χ2n) is 4.54. The molecule has 106 valence electrons. The number of rotatable bonds is 5. The second-order valence-corrected chi connectivity index (χ2v) is 4.54. The Balaban J connectivity index is 2.30. The van der Waals surface area contributed by atoms with E-state index in [1.807, 2.05) is 24.6 Å². The van der Waals surface area contributed by atoms with Crippen molar-refractivity contribution >= 4 is 22.7 Å². The summed E-state index contributed by atoms with van der Waals surface area (Å²) in [4.78, 5) is 23.4. The third kappa shape index (κ3) is 2.71. The first-order chi connectivity index (χ1) is 9.56. The van der Waals surface area contributed by atoms with E-state index in [4.69, 9.17) is 4.74 Å². The smallest absolute Gasteiger partial charge is 0.313 e. The lowest BCUT2D eigenvalue weighted by Gasteiger charge is -2.03. The maximum absolute atomic E-state index is 12.0. The number of esters is 1. The van der Waals surface area contributed by atoms with E-state index in [-0.39, 0.29) is 18.8 Å². The summed E-state index contributed by atoms with van der Waals surface area (Å²) in [6.45, 7) is 6.71. The van der Waals surface area contributed by atoms with Gasteiger partial charge in [0.05, 0.1) is 17.8 Å². The van der Waals surface area contributed by atoms with Gasteiger partial charge in [0.1, 0.15) is 6.42 Å². The van der Waals surface area contributed by atoms with Gasteiger partial charge in [-0.3, -0.25) is 14.3 Å².